The van der Waals surface area contributed by atoms with E-state index in [-0.39, 0.29) is 11.3 Å². The number of nitrogens with zero attached hydrogens (tertiary/aromatic N) is 1. The lowest BCUT2D eigenvalue weighted by Crippen LogP contribution is -1.98. The van der Waals surface area contributed by atoms with Crippen LogP contribution in [0, 0.1) is 5.82 Å². The van der Waals surface area contributed by atoms with Gasteiger partial charge in [-0.05, 0) is 36.4 Å². The van der Waals surface area contributed by atoms with Crippen molar-refractivity contribution in [2.45, 2.75) is 0 Å². The molecule has 0 aliphatic heterocycles. The van der Waals surface area contributed by atoms with Crippen molar-refractivity contribution in [3.8, 4) is 11.5 Å². The Balaban J connectivity index is 1.93. The highest BCUT2D eigenvalue weighted by Gasteiger charge is 2.10. The van der Waals surface area contributed by atoms with Gasteiger partial charge in [0.2, 0.25) is 0 Å². The maximum Gasteiger partial charge on any atom is 0.335 e. The molecule has 0 amide bonds. The van der Waals surface area contributed by atoms with Crippen LogP contribution in [0.1, 0.15) is 10.4 Å². The molecule has 1 heterocycles. The van der Waals surface area contributed by atoms with Crippen molar-refractivity contribution in [3.05, 3.63) is 66.1 Å². The standard InChI is InChI=1S/C16H10FNO3/c17-13-8-11(16(19)20)4-6-15(13)21-12-5-3-10-2-1-7-18-14(10)9-12/h1-9H,(H,19,20). The molecular weight excluding hydrogens is 273 g/mol. The molecule has 0 aliphatic carbocycles. The number of aromatic nitrogens is 1. The van der Waals surface area contributed by atoms with Gasteiger partial charge in [-0.15, -0.1) is 0 Å². The molecule has 3 aromatic rings. The van der Waals surface area contributed by atoms with E-state index in [0.29, 0.717) is 5.75 Å². The van der Waals surface area contributed by atoms with E-state index in [0.717, 1.165) is 17.0 Å². The number of rotatable bonds is 3. The lowest BCUT2D eigenvalue weighted by Gasteiger charge is -2.08. The average molecular weight is 283 g/mol. The van der Waals surface area contributed by atoms with Crippen LogP contribution in [0.2, 0.25) is 0 Å². The summed E-state index contributed by atoms with van der Waals surface area (Å²) in [5.74, 6) is -1.51. The number of carbonyl (C=O) groups is 1. The molecule has 3 rings (SSSR count). The average Bonchev–Trinajstić information content (AvgIpc) is 2.49. The summed E-state index contributed by atoms with van der Waals surface area (Å²) in [7, 11) is 0. The normalized spacial score (nSPS) is 10.5. The van der Waals surface area contributed by atoms with Gasteiger partial charge in [0, 0.05) is 17.6 Å². The first-order chi connectivity index (χ1) is 10.1. The van der Waals surface area contributed by atoms with Crippen LogP contribution in [0.5, 0.6) is 11.5 Å². The first kappa shape index (κ1) is 13.1. The molecule has 1 aromatic heterocycles. The number of hydrogen-bond donors (Lipinski definition) is 1. The van der Waals surface area contributed by atoms with E-state index in [1.165, 1.54) is 12.1 Å². The molecule has 21 heavy (non-hydrogen) atoms. The van der Waals surface area contributed by atoms with Crippen molar-refractivity contribution < 1.29 is 19.0 Å². The van der Waals surface area contributed by atoms with E-state index in [1.807, 2.05) is 18.2 Å². The molecule has 0 fully saturated rings. The fourth-order valence-corrected chi connectivity index (χ4v) is 1.95. The Bertz CT molecular complexity index is 833. The SMILES string of the molecule is O=C(O)c1ccc(Oc2ccc3cccnc3c2)c(F)c1. The summed E-state index contributed by atoms with van der Waals surface area (Å²) in [4.78, 5) is 14.9. The van der Waals surface area contributed by atoms with Crippen LogP contribution in [0.15, 0.2) is 54.7 Å². The molecule has 0 unspecified atom stereocenters. The van der Waals surface area contributed by atoms with Crippen LogP contribution in [0.4, 0.5) is 4.39 Å². The Morgan fingerprint density at radius 1 is 1.14 bits per heavy atom. The molecule has 5 heteroatoms. The third-order valence-corrected chi connectivity index (χ3v) is 2.98. The number of carboxylic acids is 1. The number of benzene rings is 2. The molecule has 0 radical (unpaired) electrons. The van der Waals surface area contributed by atoms with Gasteiger partial charge in [0.15, 0.2) is 11.6 Å². The number of ether oxygens (including phenoxy) is 1. The Labute approximate surface area is 119 Å². The summed E-state index contributed by atoms with van der Waals surface area (Å²) >= 11 is 0. The fourth-order valence-electron chi connectivity index (χ4n) is 1.95. The number of hydrogen-bond acceptors (Lipinski definition) is 3. The van der Waals surface area contributed by atoms with Gasteiger partial charge in [0.25, 0.3) is 0 Å². The van der Waals surface area contributed by atoms with E-state index in [2.05, 4.69) is 4.98 Å². The zero-order valence-corrected chi connectivity index (χ0v) is 10.8. The second-order valence-corrected chi connectivity index (χ2v) is 4.41. The zero-order chi connectivity index (χ0) is 14.8. The second kappa shape index (κ2) is 5.20. The Hall–Kier alpha value is -2.95. The Morgan fingerprint density at radius 3 is 2.76 bits per heavy atom. The van der Waals surface area contributed by atoms with Crippen LogP contribution < -0.4 is 4.74 Å². The van der Waals surface area contributed by atoms with Gasteiger partial charge >= 0.3 is 5.97 Å². The van der Waals surface area contributed by atoms with E-state index < -0.39 is 11.8 Å². The third-order valence-electron chi connectivity index (χ3n) is 2.98. The van der Waals surface area contributed by atoms with Gasteiger partial charge < -0.3 is 9.84 Å². The second-order valence-electron chi connectivity index (χ2n) is 4.41. The minimum absolute atomic E-state index is 0.0321. The van der Waals surface area contributed by atoms with E-state index in [4.69, 9.17) is 9.84 Å². The third kappa shape index (κ3) is 2.67. The van der Waals surface area contributed by atoms with Gasteiger partial charge in [-0.2, -0.15) is 0 Å². The van der Waals surface area contributed by atoms with Crippen LogP contribution in [-0.2, 0) is 0 Å². The number of carboxylic acid groups (broad SMARTS) is 1. The first-order valence-electron chi connectivity index (χ1n) is 6.19. The molecular formula is C16H10FNO3. The van der Waals surface area contributed by atoms with Crippen molar-refractivity contribution in [1.82, 2.24) is 4.98 Å². The molecule has 0 spiro atoms. The largest absolute Gasteiger partial charge is 0.478 e. The molecule has 0 saturated carbocycles. The molecule has 0 bridgehead atoms. The lowest BCUT2D eigenvalue weighted by atomic mass is 10.2. The summed E-state index contributed by atoms with van der Waals surface area (Å²) in [5.41, 5.74) is 0.609. The predicted molar refractivity (Wildman–Crippen MR) is 75.2 cm³/mol. The van der Waals surface area contributed by atoms with Crippen LogP contribution >= 0.6 is 0 Å². The lowest BCUT2D eigenvalue weighted by molar-refractivity contribution is 0.0696. The van der Waals surface area contributed by atoms with Gasteiger partial charge in [-0.1, -0.05) is 6.07 Å². The van der Waals surface area contributed by atoms with Crippen molar-refractivity contribution in [2.75, 3.05) is 0 Å². The van der Waals surface area contributed by atoms with Gasteiger partial charge in [-0.25, -0.2) is 9.18 Å². The summed E-state index contributed by atoms with van der Waals surface area (Å²) in [6, 6.07) is 12.5. The van der Waals surface area contributed by atoms with Gasteiger partial charge in [0.1, 0.15) is 5.75 Å². The van der Waals surface area contributed by atoms with Crippen molar-refractivity contribution >= 4 is 16.9 Å². The smallest absolute Gasteiger partial charge is 0.335 e. The highest BCUT2D eigenvalue weighted by Crippen LogP contribution is 2.27. The molecule has 1 N–H and O–H groups in total. The van der Waals surface area contributed by atoms with E-state index in [9.17, 15) is 9.18 Å². The quantitative estimate of drug-likeness (QED) is 0.792. The predicted octanol–water partition coefficient (Wildman–Crippen LogP) is 3.86. The molecule has 0 saturated heterocycles. The minimum Gasteiger partial charge on any atom is -0.478 e. The highest BCUT2D eigenvalue weighted by molar-refractivity contribution is 5.87. The van der Waals surface area contributed by atoms with Crippen LogP contribution in [0.3, 0.4) is 0 Å². The fraction of sp³-hybridized carbons (Fsp3) is 0. The Kier molecular flexibility index (Phi) is 3.23. The molecule has 104 valence electrons. The summed E-state index contributed by atoms with van der Waals surface area (Å²) in [6.45, 7) is 0. The number of fused-ring (bicyclic) bond motifs is 1. The minimum atomic E-state index is -1.18. The maximum absolute atomic E-state index is 13.8. The first-order valence-corrected chi connectivity index (χ1v) is 6.19. The Morgan fingerprint density at radius 2 is 2.00 bits per heavy atom. The zero-order valence-electron chi connectivity index (χ0n) is 10.8. The summed E-state index contributed by atoms with van der Waals surface area (Å²) in [5, 5.41) is 9.74. The van der Waals surface area contributed by atoms with Crippen LogP contribution in [0.25, 0.3) is 10.9 Å². The molecule has 2 aromatic carbocycles. The van der Waals surface area contributed by atoms with Crippen molar-refractivity contribution in [1.29, 1.82) is 0 Å². The molecule has 0 aliphatic rings. The summed E-state index contributed by atoms with van der Waals surface area (Å²) in [6.07, 6.45) is 1.66. The van der Waals surface area contributed by atoms with E-state index in [1.54, 1.807) is 18.3 Å². The van der Waals surface area contributed by atoms with Crippen molar-refractivity contribution in [3.63, 3.8) is 0 Å². The molecule has 0 atom stereocenters. The maximum atomic E-state index is 13.8. The molecule has 4 nitrogen and oxygen atoms in total. The van der Waals surface area contributed by atoms with Crippen LogP contribution in [-0.4, -0.2) is 16.1 Å². The summed E-state index contributed by atoms with van der Waals surface area (Å²) < 4.78 is 19.3. The van der Waals surface area contributed by atoms with Crippen molar-refractivity contribution in [2.24, 2.45) is 0 Å². The highest BCUT2D eigenvalue weighted by atomic mass is 19.1. The van der Waals surface area contributed by atoms with E-state index >= 15 is 0 Å². The number of aromatic carboxylic acids is 1. The monoisotopic (exact) mass is 283 g/mol. The topological polar surface area (TPSA) is 59.4 Å². The van der Waals surface area contributed by atoms with Gasteiger partial charge in [0.05, 0.1) is 11.1 Å². The number of pyridine rings is 1. The number of halogens is 1. The van der Waals surface area contributed by atoms with Gasteiger partial charge in [-0.3, -0.25) is 4.98 Å².